The van der Waals surface area contributed by atoms with Crippen LogP contribution < -0.4 is 5.32 Å². The summed E-state index contributed by atoms with van der Waals surface area (Å²) >= 11 is 0. The van der Waals surface area contributed by atoms with E-state index >= 15 is 0 Å². The summed E-state index contributed by atoms with van der Waals surface area (Å²) in [6, 6.07) is 11.7. The van der Waals surface area contributed by atoms with Gasteiger partial charge in [-0.05, 0) is 37.1 Å². The molecule has 1 N–H and O–H groups in total. The number of hydrogen-bond donors (Lipinski definition) is 1. The van der Waals surface area contributed by atoms with Crippen LogP contribution in [-0.2, 0) is 0 Å². The quantitative estimate of drug-likeness (QED) is 0.799. The molecule has 1 aliphatic carbocycles. The summed E-state index contributed by atoms with van der Waals surface area (Å²) < 4.78 is 1.78. The topological polar surface area (TPSA) is 59.3 Å². The standard InChI is InChI=1S/C16H14N4O/c21-16(19-13-6-7-13)12-4-1-3-11(9-12)14-10-17-15-5-2-8-18-20(14)15/h1-5,8-10,13H,6-7H2,(H,19,21). The summed E-state index contributed by atoms with van der Waals surface area (Å²) in [6.45, 7) is 0. The molecular formula is C16H14N4O. The average Bonchev–Trinajstić information content (AvgIpc) is 3.23. The maximum atomic E-state index is 12.1. The third-order valence-electron chi connectivity index (χ3n) is 3.61. The zero-order valence-electron chi connectivity index (χ0n) is 11.4. The van der Waals surface area contributed by atoms with Crippen molar-refractivity contribution in [3.05, 3.63) is 54.4 Å². The van der Waals surface area contributed by atoms with Crippen LogP contribution in [0.4, 0.5) is 0 Å². The smallest absolute Gasteiger partial charge is 0.251 e. The second-order valence-electron chi connectivity index (χ2n) is 5.27. The summed E-state index contributed by atoms with van der Waals surface area (Å²) in [5.41, 5.74) is 3.28. The van der Waals surface area contributed by atoms with E-state index in [0.717, 1.165) is 29.7 Å². The second kappa shape index (κ2) is 4.70. The van der Waals surface area contributed by atoms with Crippen LogP contribution in [0.5, 0.6) is 0 Å². The number of carbonyl (C=O) groups excluding carboxylic acids is 1. The Morgan fingerprint density at radius 3 is 3.00 bits per heavy atom. The number of fused-ring (bicyclic) bond motifs is 1. The van der Waals surface area contributed by atoms with Gasteiger partial charge in [0.1, 0.15) is 0 Å². The van der Waals surface area contributed by atoms with Crippen LogP contribution in [0, 0.1) is 0 Å². The molecular weight excluding hydrogens is 264 g/mol. The van der Waals surface area contributed by atoms with Gasteiger partial charge in [-0.1, -0.05) is 12.1 Å². The van der Waals surface area contributed by atoms with E-state index in [9.17, 15) is 4.79 Å². The molecule has 0 aliphatic heterocycles. The molecule has 0 radical (unpaired) electrons. The molecule has 4 rings (SSSR count). The minimum Gasteiger partial charge on any atom is -0.349 e. The largest absolute Gasteiger partial charge is 0.349 e. The SMILES string of the molecule is O=C(NC1CC1)c1cccc(-c2cnc3cccnn23)c1. The molecule has 1 aromatic carbocycles. The summed E-state index contributed by atoms with van der Waals surface area (Å²) in [5, 5.41) is 7.31. The van der Waals surface area contributed by atoms with Crippen LogP contribution in [0.15, 0.2) is 48.8 Å². The van der Waals surface area contributed by atoms with Gasteiger partial charge in [-0.3, -0.25) is 4.79 Å². The van der Waals surface area contributed by atoms with Crippen molar-refractivity contribution in [1.29, 1.82) is 0 Å². The number of nitrogens with zero attached hydrogens (tertiary/aromatic N) is 3. The minimum absolute atomic E-state index is 0.0128. The van der Waals surface area contributed by atoms with Gasteiger partial charge in [-0.25, -0.2) is 9.50 Å². The van der Waals surface area contributed by atoms with Crippen LogP contribution >= 0.6 is 0 Å². The first-order valence-electron chi connectivity index (χ1n) is 7.01. The van der Waals surface area contributed by atoms with E-state index in [2.05, 4.69) is 15.4 Å². The maximum absolute atomic E-state index is 12.1. The molecule has 0 spiro atoms. The summed E-state index contributed by atoms with van der Waals surface area (Å²) in [7, 11) is 0. The van der Waals surface area contributed by atoms with Crippen molar-refractivity contribution in [2.24, 2.45) is 0 Å². The maximum Gasteiger partial charge on any atom is 0.251 e. The van der Waals surface area contributed by atoms with Crippen molar-refractivity contribution < 1.29 is 4.79 Å². The monoisotopic (exact) mass is 278 g/mol. The van der Waals surface area contributed by atoms with Crippen molar-refractivity contribution in [2.45, 2.75) is 18.9 Å². The normalized spacial score (nSPS) is 14.3. The van der Waals surface area contributed by atoms with Gasteiger partial charge in [0.25, 0.3) is 5.91 Å². The molecule has 2 heterocycles. The number of aromatic nitrogens is 3. The van der Waals surface area contributed by atoms with Gasteiger partial charge in [0.15, 0.2) is 5.65 Å². The molecule has 0 bridgehead atoms. The Hall–Kier alpha value is -2.69. The van der Waals surface area contributed by atoms with Gasteiger partial charge in [0.05, 0.1) is 11.9 Å². The fourth-order valence-electron chi connectivity index (χ4n) is 2.34. The molecule has 21 heavy (non-hydrogen) atoms. The lowest BCUT2D eigenvalue weighted by Gasteiger charge is -2.05. The second-order valence-corrected chi connectivity index (χ2v) is 5.27. The van der Waals surface area contributed by atoms with Crippen molar-refractivity contribution in [2.75, 3.05) is 0 Å². The van der Waals surface area contributed by atoms with Gasteiger partial charge >= 0.3 is 0 Å². The molecule has 1 aliphatic rings. The molecule has 3 aromatic rings. The lowest BCUT2D eigenvalue weighted by molar-refractivity contribution is 0.0951. The van der Waals surface area contributed by atoms with Crippen LogP contribution in [0.3, 0.4) is 0 Å². The predicted octanol–water partition coefficient (Wildman–Crippen LogP) is 2.29. The first kappa shape index (κ1) is 12.1. The number of rotatable bonds is 3. The number of imidazole rings is 1. The van der Waals surface area contributed by atoms with E-state index in [-0.39, 0.29) is 5.91 Å². The Balaban J connectivity index is 1.73. The zero-order chi connectivity index (χ0) is 14.2. The van der Waals surface area contributed by atoms with Crippen LogP contribution in [0.2, 0.25) is 0 Å². The minimum atomic E-state index is -0.0128. The molecule has 104 valence electrons. The van der Waals surface area contributed by atoms with Crippen LogP contribution in [-0.4, -0.2) is 26.5 Å². The highest BCUT2D eigenvalue weighted by atomic mass is 16.1. The Morgan fingerprint density at radius 1 is 1.24 bits per heavy atom. The fraction of sp³-hybridized carbons (Fsp3) is 0.188. The molecule has 0 atom stereocenters. The number of carbonyl (C=O) groups is 1. The van der Waals surface area contributed by atoms with E-state index in [4.69, 9.17) is 0 Å². The van der Waals surface area contributed by atoms with E-state index < -0.39 is 0 Å². The zero-order valence-corrected chi connectivity index (χ0v) is 11.4. The highest BCUT2D eigenvalue weighted by Gasteiger charge is 2.23. The fourth-order valence-corrected chi connectivity index (χ4v) is 2.34. The number of hydrogen-bond acceptors (Lipinski definition) is 3. The molecule has 2 aromatic heterocycles. The Kier molecular flexibility index (Phi) is 2.70. The van der Waals surface area contributed by atoms with Gasteiger partial charge in [-0.15, -0.1) is 0 Å². The van der Waals surface area contributed by atoms with Crippen LogP contribution in [0.25, 0.3) is 16.9 Å². The van der Waals surface area contributed by atoms with Gasteiger partial charge in [0.2, 0.25) is 0 Å². The van der Waals surface area contributed by atoms with E-state index in [1.54, 1.807) is 16.9 Å². The number of amides is 1. The highest BCUT2D eigenvalue weighted by molar-refractivity contribution is 5.95. The summed E-state index contributed by atoms with van der Waals surface area (Å²) in [5.74, 6) is -0.0128. The first-order chi connectivity index (χ1) is 10.3. The molecule has 1 saturated carbocycles. The highest BCUT2D eigenvalue weighted by Crippen LogP contribution is 2.22. The third-order valence-corrected chi connectivity index (χ3v) is 3.61. The molecule has 5 heteroatoms. The van der Waals surface area contributed by atoms with Crippen LogP contribution in [0.1, 0.15) is 23.2 Å². The Morgan fingerprint density at radius 2 is 2.14 bits per heavy atom. The third kappa shape index (κ3) is 2.27. The van der Waals surface area contributed by atoms with Gasteiger partial charge in [0, 0.05) is 23.4 Å². The lowest BCUT2D eigenvalue weighted by atomic mass is 10.1. The van der Waals surface area contributed by atoms with Crippen molar-refractivity contribution >= 4 is 11.6 Å². The Labute approximate surface area is 121 Å². The van der Waals surface area contributed by atoms with Crippen molar-refractivity contribution in [3.63, 3.8) is 0 Å². The molecule has 0 saturated heterocycles. The Bertz CT molecular complexity index is 820. The van der Waals surface area contributed by atoms with Gasteiger partial charge in [-0.2, -0.15) is 5.10 Å². The van der Waals surface area contributed by atoms with E-state index in [1.165, 1.54) is 0 Å². The molecule has 5 nitrogen and oxygen atoms in total. The molecule has 1 fully saturated rings. The molecule has 1 amide bonds. The molecule has 0 unspecified atom stereocenters. The average molecular weight is 278 g/mol. The van der Waals surface area contributed by atoms with Crippen molar-refractivity contribution in [1.82, 2.24) is 19.9 Å². The van der Waals surface area contributed by atoms with E-state index in [0.29, 0.717) is 11.6 Å². The predicted molar refractivity (Wildman–Crippen MR) is 78.9 cm³/mol. The summed E-state index contributed by atoms with van der Waals surface area (Å²) in [4.78, 5) is 16.5. The number of benzene rings is 1. The van der Waals surface area contributed by atoms with E-state index in [1.807, 2.05) is 36.4 Å². The number of nitrogens with one attached hydrogen (secondary N) is 1. The first-order valence-corrected chi connectivity index (χ1v) is 7.01. The van der Waals surface area contributed by atoms with Gasteiger partial charge < -0.3 is 5.32 Å². The summed E-state index contributed by atoms with van der Waals surface area (Å²) in [6.07, 6.45) is 5.67. The van der Waals surface area contributed by atoms with Crippen molar-refractivity contribution in [3.8, 4) is 11.3 Å². The lowest BCUT2D eigenvalue weighted by Crippen LogP contribution is -2.25.